The van der Waals surface area contributed by atoms with Gasteiger partial charge in [0.2, 0.25) is 5.95 Å². The number of aromatic nitrogens is 4. The third kappa shape index (κ3) is 4.37. The van der Waals surface area contributed by atoms with Gasteiger partial charge in [-0.05, 0) is 37.6 Å². The van der Waals surface area contributed by atoms with Crippen molar-refractivity contribution in [1.82, 2.24) is 19.5 Å². The molecule has 0 fully saturated rings. The van der Waals surface area contributed by atoms with Gasteiger partial charge in [0.05, 0.1) is 19.0 Å². The lowest BCUT2D eigenvalue weighted by atomic mass is 10.1. The van der Waals surface area contributed by atoms with Crippen molar-refractivity contribution in [2.45, 2.75) is 26.0 Å². The van der Waals surface area contributed by atoms with Crippen molar-refractivity contribution in [3.05, 3.63) is 30.1 Å². The minimum absolute atomic E-state index is 0.318. The Hall–Kier alpha value is -3.07. The molecule has 0 aliphatic rings. The number of rotatable bonds is 7. The fourth-order valence-electron chi connectivity index (χ4n) is 2.55. The molecule has 5 N–H and O–H groups in total. The van der Waals surface area contributed by atoms with Crippen LogP contribution in [0.25, 0.3) is 11.2 Å². The predicted octanol–water partition coefficient (Wildman–Crippen LogP) is 1.75. The van der Waals surface area contributed by atoms with Crippen molar-refractivity contribution < 1.29 is 9.84 Å². The zero-order chi connectivity index (χ0) is 19.6. The van der Waals surface area contributed by atoms with E-state index in [1.54, 1.807) is 27.3 Å². The Morgan fingerprint density at radius 2 is 2.04 bits per heavy atom. The average molecular weight is 371 g/mol. The molecule has 0 spiro atoms. The summed E-state index contributed by atoms with van der Waals surface area (Å²) in [6.07, 6.45) is 1.68. The summed E-state index contributed by atoms with van der Waals surface area (Å²) in [4.78, 5) is 13.4. The van der Waals surface area contributed by atoms with E-state index >= 15 is 0 Å². The maximum atomic E-state index is 9.93. The largest absolute Gasteiger partial charge is 0.497 e. The summed E-state index contributed by atoms with van der Waals surface area (Å²) in [5, 5.41) is 16.3. The number of hydrogen-bond acceptors (Lipinski definition) is 8. The van der Waals surface area contributed by atoms with Crippen LogP contribution in [0.5, 0.6) is 5.75 Å². The van der Waals surface area contributed by atoms with E-state index in [4.69, 9.17) is 10.5 Å². The van der Waals surface area contributed by atoms with Crippen LogP contribution in [0.2, 0.25) is 0 Å². The Morgan fingerprint density at radius 1 is 1.26 bits per heavy atom. The Labute approximate surface area is 157 Å². The zero-order valence-corrected chi connectivity index (χ0v) is 15.9. The van der Waals surface area contributed by atoms with Gasteiger partial charge in [-0.3, -0.25) is 0 Å². The summed E-state index contributed by atoms with van der Waals surface area (Å²) in [6.45, 7) is 4.20. The maximum absolute atomic E-state index is 9.93. The van der Waals surface area contributed by atoms with Gasteiger partial charge in [0, 0.05) is 25.8 Å². The first kappa shape index (κ1) is 18.7. The first-order valence-electron chi connectivity index (χ1n) is 8.58. The number of nitrogens with two attached hydrogens (primary N) is 1. The molecule has 3 aromatic rings. The van der Waals surface area contributed by atoms with E-state index in [0.29, 0.717) is 41.7 Å². The molecule has 0 aliphatic carbocycles. The topological polar surface area (TPSA) is 123 Å². The molecule has 9 heteroatoms. The first-order valence-corrected chi connectivity index (χ1v) is 8.58. The average Bonchev–Trinajstić information content (AvgIpc) is 3.00. The molecule has 27 heavy (non-hydrogen) atoms. The van der Waals surface area contributed by atoms with E-state index in [2.05, 4.69) is 25.6 Å². The molecule has 3 rings (SSSR count). The van der Waals surface area contributed by atoms with E-state index in [1.165, 1.54) is 0 Å². The quantitative estimate of drug-likeness (QED) is 0.463. The van der Waals surface area contributed by atoms with Gasteiger partial charge in [0.15, 0.2) is 17.0 Å². The minimum atomic E-state index is -0.882. The third-order valence-corrected chi connectivity index (χ3v) is 4.04. The molecule has 0 radical (unpaired) electrons. The Bertz CT molecular complexity index is 947. The number of anilines is 3. The van der Waals surface area contributed by atoms with Crippen LogP contribution in [0.1, 0.15) is 19.4 Å². The highest BCUT2D eigenvalue weighted by atomic mass is 16.5. The highest BCUT2D eigenvalue weighted by Gasteiger charge is 2.16. The van der Waals surface area contributed by atoms with Crippen LogP contribution in [0.15, 0.2) is 24.5 Å². The predicted molar refractivity (Wildman–Crippen MR) is 106 cm³/mol. The molecule has 0 saturated heterocycles. The lowest BCUT2D eigenvalue weighted by Gasteiger charge is -2.18. The van der Waals surface area contributed by atoms with Crippen molar-refractivity contribution >= 4 is 28.6 Å². The van der Waals surface area contributed by atoms with Gasteiger partial charge in [0.1, 0.15) is 5.75 Å². The van der Waals surface area contributed by atoms with Crippen molar-refractivity contribution in [3.8, 4) is 5.75 Å². The Morgan fingerprint density at radius 3 is 2.74 bits per heavy atom. The van der Waals surface area contributed by atoms with Crippen LogP contribution in [0, 0.1) is 0 Å². The highest BCUT2D eigenvalue weighted by molar-refractivity contribution is 5.84. The number of methoxy groups -OCH3 is 1. The van der Waals surface area contributed by atoms with Crippen LogP contribution in [-0.2, 0) is 13.6 Å². The number of hydrogen-bond donors (Lipinski definition) is 4. The number of ether oxygens (including phenoxy) is 1. The number of nitrogens with zero attached hydrogens (tertiary/aromatic N) is 4. The molecule has 0 unspecified atom stereocenters. The van der Waals surface area contributed by atoms with Crippen molar-refractivity contribution in [2.75, 3.05) is 30.0 Å². The van der Waals surface area contributed by atoms with Gasteiger partial charge in [0.25, 0.3) is 0 Å². The molecular formula is C18H25N7O2. The van der Waals surface area contributed by atoms with E-state index in [0.717, 1.165) is 11.3 Å². The number of aliphatic hydroxyl groups is 1. The first-order chi connectivity index (χ1) is 12.8. The standard InChI is InChI=1S/C18H25N7O2/c1-18(2,26)9-21-17-23-15(14-16(24-17)25(3)10-22-14)20-8-11-7-12(27-4)5-6-13(11)19/h5-7,10,26H,8-9,19H2,1-4H3,(H2,20,21,23,24). The summed E-state index contributed by atoms with van der Waals surface area (Å²) in [6, 6.07) is 5.51. The van der Waals surface area contributed by atoms with E-state index in [9.17, 15) is 5.11 Å². The molecular weight excluding hydrogens is 346 g/mol. The van der Waals surface area contributed by atoms with Crippen molar-refractivity contribution in [3.63, 3.8) is 0 Å². The number of nitrogen functional groups attached to an aromatic ring is 1. The van der Waals surface area contributed by atoms with Crippen LogP contribution in [0.3, 0.4) is 0 Å². The van der Waals surface area contributed by atoms with Crippen molar-refractivity contribution in [1.29, 1.82) is 0 Å². The normalized spacial score (nSPS) is 11.6. The third-order valence-electron chi connectivity index (χ3n) is 4.04. The summed E-state index contributed by atoms with van der Waals surface area (Å²) in [7, 11) is 3.48. The van der Waals surface area contributed by atoms with Gasteiger partial charge in [-0.2, -0.15) is 9.97 Å². The molecule has 0 saturated carbocycles. The zero-order valence-electron chi connectivity index (χ0n) is 15.9. The highest BCUT2D eigenvalue weighted by Crippen LogP contribution is 2.24. The smallest absolute Gasteiger partial charge is 0.226 e. The second kappa shape index (κ2) is 7.28. The number of aryl methyl sites for hydroxylation is 1. The fraction of sp³-hybridized carbons (Fsp3) is 0.389. The van der Waals surface area contributed by atoms with Gasteiger partial charge in [-0.25, -0.2) is 4.98 Å². The number of fused-ring (bicyclic) bond motifs is 1. The van der Waals surface area contributed by atoms with Crippen molar-refractivity contribution in [2.24, 2.45) is 7.05 Å². The molecule has 1 aromatic carbocycles. The lowest BCUT2D eigenvalue weighted by molar-refractivity contribution is 0.0943. The Balaban J connectivity index is 1.88. The van der Waals surface area contributed by atoms with E-state index in [-0.39, 0.29) is 0 Å². The van der Waals surface area contributed by atoms with Gasteiger partial charge in [-0.15, -0.1) is 0 Å². The van der Waals surface area contributed by atoms with Gasteiger partial charge in [-0.1, -0.05) is 0 Å². The lowest BCUT2D eigenvalue weighted by Crippen LogP contribution is -2.30. The Kier molecular flexibility index (Phi) is 5.04. The van der Waals surface area contributed by atoms with E-state index < -0.39 is 5.60 Å². The monoisotopic (exact) mass is 371 g/mol. The van der Waals surface area contributed by atoms with Crippen LogP contribution < -0.4 is 21.1 Å². The molecule has 0 bridgehead atoms. The molecule has 0 aliphatic heterocycles. The number of imidazole rings is 1. The van der Waals surface area contributed by atoms with Crippen LogP contribution >= 0.6 is 0 Å². The fourth-order valence-corrected chi connectivity index (χ4v) is 2.55. The molecule has 2 aromatic heterocycles. The maximum Gasteiger partial charge on any atom is 0.226 e. The summed E-state index contributed by atoms with van der Waals surface area (Å²) >= 11 is 0. The molecule has 9 nitrogen and oxygen atoms in total. The molecule has 0 atom stereocenters. The second-order valence-electron chi connectivity index (χ2n) is 7.01. The van der Waals surface area contributed by atoms with Crippen LogP contribution in [-0.4, -0.2) is 43.9 Å². The summed E-state index contributed by atoms with van der Waals surface area (Å²) in [5.74, 6) is 1.73. The SMILES string of the molecule is COc1ccc(N)c(CNc2nc(NCC(C)(C)O)nc3c2ncn3C)c1. The summed E-state index contributed by atoms with van der Waals surface area (Å²) in [5.41, 5.74) is 8.08. The molecule has 2 heterocycles. The van der Waals surface area contributed by atoms with Gasteiger partial charge >= 0.3 is 0 Å². The minimum Gasteiger partial charge on any atom is -0.497 e. The number of nitrogens with one attached hydrogen (secondary N) is 2. The number of benzene rings is 1. The van der Waals surface area contributed by atoms with Gasteiger partial charge < -0.3 is 30.8 Å². The molecule has 0 amide bonds. The molecule has 144 valence electrons. The van der Waals surface area contributed by atoms with Crippen LogP contribution in [0.4, 0.5) is 17.5 Å². The summed E-state index contributed by atoms with van der Waals surface area (Å²) < 4.78 is 7.08. The van der Waals surface area contributed by atoms with E-state index in [1.807, 2.05) is 29.8 Å². The second-order valence-corrected chi connectivity index (χ2v) is 7.01.